The minimum atomic E-state index is -0.323. The average Bonchev–Trinajstić information content (AvgIpc) is 3.47. The SMILES string of the molecule is Cc1nc(-c2c(OCCC3CC3)cc[nH]c2=O)sc1C(=O)NCc1ccc(F)cc1. The molecule has 6 nitrogen and oxygen atoms in total. The summed E-state index contributed by atoms with van der Waals surface area (Å²) >= 11 is 1.16. The normalized spacial score (nSPS) is 13.3. The number of halogens is 1. The van der Waals surface area contributed by atoms with E-state index in [1.54, 1.807) is 31.3 Å². The van der Waals surface area contributed by atoms with Crippen molar-refractivity contribution in [2.45, 2.75) is 32.7 Å². The summed E-state index contributed by atoms with van der Waals surface area (Å²) in [7, 11) is 0. The molecule has 30 heavy (non-hydrogen) atoms. The molecule has 0 aliphatic heterocycles. The Kier molecular flexibility index (Phi) is 5.94. The number of amides is 1. The zero-order valence-electron chi connectivity index (χ0n) is 16.5. The molecule has 3 aromatic rings. The number of benzene rings is 1. The van der Waals surface area contributed by atoms with Crippen molar-refractivity contribution in [3.63, 3.8) is 0 Å². The molecule has 1 aliphatic rings. The van der Waals surface area contributed by atoms with Crippen LogP contribution in [0.3, 0.4) is 0 Å². The molecule has 1 amide bonds. The van der Waals surface area contributed by atoms with Gasteiger partial charge in [0, 0.05) is 12.7 Å². The Hall–Kier alpha value is -3.00. The highest BCUT2D eigenvalue weighted by molar-refractivity contribution is 7.17. The Labute approximate surface area is 177 Å². The highest BCUT2D eigenvalue weighted by Gasteiger charge is 2.23. The Morgan fingerprint density at radius 2 is 2.07 bits per heavy atom. The van der Waals surface area contributed by atoms with Crippen molar-refractivity contribution in [2.75, 3.05) is 6.61 Å². The molecular formula is C22H22FN3O3S. The second-order valence-electron chi connectivity index (χ2n) is 7.37. The number of aryl methyl sites for hydroxylation is 1. The molecule has 1 aliphatic carbocycles. The number of carbonyl (C=O) groups is 1. The number of aromatic amines is 1. The fourth-order valence-corrected chi connectivity index (χ4v) is 4.13. The van der Waals surface area contributed by atoms with Gasteiger partial charge in [0.1, 0.15) is 27.0 Å². The van der Waals surface area contributed by atoms with E-state index in [2.05, 4.69) is 15.3 Å². The summed E-state index contributed by atoms with van der Waals surface area (Å²) in [6.45, 7) is 2.56. The molecule has 0 bridgehead atoms. The maximum atomic E-state index is 13.0. The third-order valence-electron chi connectivity index (χ3n) is 4.99. The molecule has 0 unspecified atom stereocenters. The van der Waals surface area contributed by atoms with Crippen LogP contribution in [0.25, 0.3) is 10.6 Å². The van der Waals surface area contributed by atoms with Gasteiger partial charge in [-0.25, -0.2) is 9.37 Å². The van der Waals surface area contributed by atoms with Crippen LogP contribution in [0.1, 0.15) is 40.2 Å². The van der Waals surface area contributed by atoms with Crippen molar-refractivity contribution < 1.29 is 13.9 Å². The van der Waals surface area contributed by atoms with Crippen molar-refractivity contribution in [1.29, 1.82) is 0 Å². The Morgan fingerprint density at radius 1 is 1.30 bits per heavy atom. The monoisotopic (exact) mass is 427 g/mol. The molecule has 8 heteroatoms. The van der Waals surface area contributed by atoms with Crippen LogP contribution in [0, 0.1) is 18.7 Å². The van der Waals surface area contributed by atoms with Crippen LogP contribution in [0.5, 0.6) is 5.75 Å². The Morgan fingerprint density at radius 3 is 2.80 bits per heavy atom. The summed E-state index contributed by atoms with van der Waals surface area (Å²) in [6, 6.07) is 7.66. The number of rotatable bonds is 8. The van der Waals surface area contributed by atoms with Crippen LogP contribution in [-0.4, -0.2) is 22.5 Å². The number of nitrogens with one attached hydrogen (secondary N) is 2. The largest absolute Gasteiger partial charge is 0.493 e. The third-order valence-corrected chi connectivity index (χ3v) is 6.16. The van der Waals surface area contributed by atoms with E-state index < -0.39 is 0 Å². The fourth-order valence-electron chi connectivity index (χ4n) is 3.10. The van der Waals surface area contributed by atoms with Gasteiger partial charge in [0.2, 0.25) is 0 Å². The first kappa shape index (κ1) is 20.3. The van der Waals surface area contributed by atoms with E-state index in [1.165, 1.54) is 25.0 Å². The van der Waals surface area contributed by atoms with Gasteiger partial charge in [-0.2, -0.15) is 0 Å². The van der Waals surface area contributed by atoms with Gasteiger partial charge in [-0.05, 0) is 43.0 Å². The average molecular weight is 428 g/mol. The maximum absolute atomic E-state index is 13.0. The molecule has 2 N–H and O–H groups in total. The minimum absolute atomic E-state index is 0.271. The van der Waals surface area contributed by atoms with Crippen LogP contribution in [0.2, 0.25) is 0 Å². The molecule has 2 heterocycles. The van der Waals surface area contributed by atoms with Crippen molar-refractivity contribution in [1.82, 2.24) is 15.3 Å². The van der Waals surface area contributed by atoms with E-state index in [-0.39, 0.29) is 23.8 Å². The highest BCUT2D eigenvalue weighted by atomic mass is 32.1. The van der Waals surface area contributed by atoms with Crippen molar-refractivity contribution in [3.8, 4) is 16.3 Å². The Balaban J connectivity index is 1.50. The first-order chi connectivity index (χ1) is 14.5. The van der Waals surface area contributed by atoms with Gasteiger partial charge in [-0.1, -0.05) is 25.0 Å². The van der Waals surface area contributed by atoms with Gasteiger partial charge in [0.25, 0.3) is 11.5 Å². The second kappa shape index (κ2) is 8.79. The highest BCUT2D eigenvalue weighted by Crippen LogP contribution is 2.34. The van der Waals surface area contributed by atoms with E-state index in [9.17, 15) is 14.0 Å². The van der Waals surface area contributed by atoms with Crippen LogP contribution in [-0.2, 0) is 6.54 Å². The van der Waals surface area contributed by atoms with Gasteiger partial charge in [-0.3, -0.25) is 9.59 Å². The van der Waals surface area contributed by atoms with Crippen LogP contribution >= 0.6 is 11.3 Å². The summed E-state index contributed by atoms with van der Waals surface area (Å²) < 4.78 is 18.9. The molecule has 0 radical (unpaired) electrons. The van der Waals surface area contributed by atoms with Crippen LogP contribution < -0.4 is 15.6 Å². The molecule has 2 aromatic heterocycles. The summed E-state index contributed by atoms with van der Waals surface area (Å²) in [4.78, 5) is 32.7. The molecule has 1 saturated carbocycles. The molecular weight excluding hydrogens is 405 g/mol. The number of H-pyrrole nitrogens is 1. The Bertz CT molecular complexity index is 1100. The smallest absolute Gasteiger partial charge is 0.263 e. The molecule has 0 atom stereocenters. The lowest BCUT2D eigenvalue weighted by molar-refractivity contribution is 0.0954. The summed E-state index contributed by atoms with van der Waals surface area (Å²) in [6.07, 6.45) is 5.01. The number of hydrogen-bond acceptors (Lipinski definition) is 5. The van der Waals surface area contributed by atoms with Gasteiger partial charge < -0.3 is 15.0 Å². The molecule has 156 valence electrons. The van der Waals surface area contributed by atoms with E-state index in [4.69, 9.17) is 4.74 Å². The number of thiazole rings is 1. The summed E-state index contributed by atoms with van der Waals surface area (Å²) in [5, 5.41) is 3.26. The van der Waals surface area contributed by atoms with E-state index in [0.717, 1.165) is 29.2 Å². The molecule has 1 fully saturated rings. The van der Waals surface area contributed by atoms with Gasteiger partial charge in [0.15, 0.2) is 0 Å². The molecule has 4 rings (SSSR count). The lowest BCUT2D eigenvalue weighted by Crippen LogP contribution is -2.22. The standard InChI is InChI=1S/C22H22FN3O3S/c1-13-19(21(28)25-12-15-4-6-16(23)7-5-15)30-22(26-13)18-17(8-10-24-20(18)27)29-11-9-14-2-3-14/h4-8,10,14H,2-3,9,11-12H2,1H3,(H,24,27)(H,25,28). The van der Waals surface area contributed by atoms with E-state index in [1.807, 2.05) is 0 Å². The quantitative estimate of drug-likeness (QED) is 0.568. The summed E-state index contributed by atoms with van der Waals surface area (Å²) in [5.74, 6) is 0.598. The van der Waals surface area contributed by atoms with Crippen molar-refractivity contribution in [2.24, 2.45) is 5.92 Å². The number of hydrogen-bond donors (Lipinski definition) is 2. The lowest BCUT2D eigenvalue weighted by atomic mass is 10.2. The van der Waals surface area contributed by atoms with Crippen LogP contribution in [0.15, 0.2) is 41.3 Å². The predicted octanol–water partition coefficient (Wildman–Crippen LogP) is 4.05. The topological polar surface area (TPSA) is 84.1 Å². The first-order valence-electron chi connectivity index (χ1n) is 9.86. The number of nitrogens with zero attached hydrogens (tertiary/aromatic N) is 1. The van der Waals surface area contributed by atoms with Gasteiger partial charge >= 0.3 is 0 Å². The lowest BCUT2D eigenvalue weighted by Gasteiger charge is -2.08. The second-order valence-corrected chi connectivity index (χ2v) is 8.37. The minimum Gasteiger partial charge on any atom is -0.493 e. The van der Waals surface area contributed by atoms with Gasteiger partial charge in [0.05, 0.1) is 12.3 Å². The zero-order valence-corrected chi connectivity index (χ0v) is 17.4. The maximum Gasteiger partial charge on any atom is 0.263 e. The van der Waals surface area contributed by atoms with Crippen molar-refractivity contribution >= 4 is 17.2 Å². The molecule has 0 spiro atoms. The number of pyridine rings is 1. The van der Waals surface area contributed by atoms with Gasteiger partial charge in [-0.15, -0.1) is 11.3 Å². The predicted molar refractivity (Wildman–Crippen MR) is 113 cm³/mol. The van der Waals surface area contributed by atoms with E-state index in [0.29, 0.717) is 33.5 Å². The molecule has 0 saturated heterocycles. The third kappa shape index (κ3) is 4.76. The van der Waals surface area contributed by atoms with Crippen molar-refractivity contribution in [3.05, 3.63) is 68.8 Å². The summed E-state index contributed by atoms with van der Waals surface area (Å²) in [5.41, 5.74) is 1.38. The number of carbonyl (C=O) groups excluding carboxylic acids is 1. The van der Waals surface area contributed by atoms with Crippen LogP contribution in [0.4, 0.5) is 4.39 Å². The number of aromatic nitrogens is 2. The van der Waals surface area contributed by atoms with E-state index >= 15 is 0 Å². The fraction of sp³-hybridized carbons (Fsp3) is 0.318. The number of ether oxygens (including phenoxy) is 1. The first-order valence-corrected chi connectivity index (χ1v) is 10.7. The molecule has 1 aromatic carbocycles. The zero-order chi connectivity index (χ0) is 21.1.